The second-order valence-corrected chi connectivity index (χ2v) is 5.60. The van der Waals surface area contributed by atoms with Crippen LogP contribution in [0.5, 0.6) is 5.75 Å². The molecule has 0 saturated heterocycles. The number of aliphatic carboxylic acids is 1. The summed E-state index contributed by atoms with van der Waals surface area (Å²) < 4.78 is 5.48. The maximum atomic E-state index is 11.3. The third-order valence-electron chi connectivity index (χ3n) is 3.90. The van der Waals surface area contributed by atoms with E-state index in [0.29, 0.717) is 13.0 Å². The van der Waals surface area contributed by atoms with Crippen molar-refractivity contribution in [3.8, 4) is 5.75 Å². The molecule has 0 aromatic heterocycles. The van der Waals surface area contributed by atoms with Crippen LogP contribution >= 0.6 is 0 Å². The monoisotopic (exact) mass is 277 g/mol. The zero-order valence-corrected chi connectivity index (χ0v) is 12.2. The minimum absolute atomic E-state index is 0.639. The van der Waals surface area contributed by atoms with Gasteiger partial charge < -0.3 is 15.2 Å². The summed E-state index contributed by atoms with van der Waals surface area (Å²) >= 11 is 0. The fourth-order valence-corrected chi connectivity index (χ4v) is 2.65. The van der Waals surface area contributed by atoms with Gasteiger partial charge in [-0.05, 0) is 37.0 Å². The van der Waals surface area contributed by atoms with Crippen LogP contribution in [0.1, 0.15) is 37.8 Å². The molecule has 110 valence electrons. The van der Waals surface area contributed by atoms with E-state index in [2.05, 4.69) is 17.4 Å². The minimum Gasteiger partial charge on any atom is -0.493 e. The first-order chi connectivity index (χ1) is 9.55. The van der Waals surface area contributed by atoms with Gasteiger partial charge in [-0.25, -0.2) is 0 Å². The Labute approximate surface area is 120 Å². The topological polar surface area (TPSA) is 58.6 Å². The van der Waals surface area contributed by atoms with E-state index in [9.17, 15) is 9.90 Å². The molecule has 0 radical (unpaired) electrons. The van der Waals surface area contributed by atoms with Gasteiger partial charge in [0.05, 0.1) is 6.61 Å². The van der Waals surface area contributed by atoms with Crippen molar-refractivity contribution in [1.82, 2.24) is 5.32 Å². The molecule has 1 atom stereocenters. The number of rotatable bonds is 7. The quantitative estimate of drug-likeness (QED) is 0.803. The summed E-state index contributed by atoms with van der Waals surface area (Å²) in [6.45, 7) is 5.20. The fourth-order valence-electron chi connectivity index (χ4n) is 2.65. The van der Waals surface area contributed by atoms with Crippen molar-refractivity contribution in [2.24, 2.45) is 0 Å². The molecule has 4 heteroatoms. The highest BCUT2D eigenvalue weighted by Gasteiger charge is 2.30. The van der Waals surface area contributed by atoms with Crippen LogP contribution in [0.15, 0.2) is 18.2 Å². The molecule has 1 aliphatic rings. The van der Waals surface area contributed by atoms with Crippen LogP contribution in [0.4, 0.5) is 0 Å². The van der Waals surface area contributed by atoms with Gasteiger partial charge >= 0.3 is 5.97 Å². The van der Waals surface area contributed by atoms with Crippen molar-refractivity contribution in [3.63, 3.8) is 0 Å². The normalized spacial score (nSPS) is 16.3. The summed E-state index contributed by atoms with van der Waals surface area (Å²) in [5, 5.41) is 12.5. The Morgan fingerprint density at radius 1 is 1.50 bits per heavy atom. The zero-order chi connectivity index (χ0) is 14.6. The summed E-state index contributed by atoms with van der Waals surface area (Å²) in [7, 11) is 0. The van der Waals surface area contributed by atoms with Crippen LogP contribution in [0, 0.1) is 0 Å². The molecule has 2 N–H and O–H groups in total. The smallest absolute Gasteiger partial charge is 0.323 e. The summed E-state index contributed by atoms with van der Waals surface area (Å²) in [5.74, 6) is 0.213. The number of fused-ring (bicyclic) bond motifs is 1. The van der Waals surface area contributed by atoms with E-state index in [1.165, 1.54) is 11.1 Å². The minimum atomic E-state index is -0.825. The van der Waals surface area contributed by atoms with Crippen molar-refractivity contribution in [2.45, 2.75) is 45.1 Å². The Morgan fingerprint density at radius 2 is 2.30 bits per heavy atom. The van der Waals surface area contributed by atoms with Gasteiger partial charge in [0.2, 0.25) is 0 Å². The van der Waals surface area contributed by atoms with Crippen molar-refractivity contribution in [2.75, 3.05) is 13.2 Å². The van der Waals surface area contributed by atoms with Crippen LogP contribution in [0.2, 0.25) is 0 Å². The number of benzene rings is 1. The number of hydrogen-bond donors (Lipinski definition) is 2. The maximum Gasteiger partial charge on any atom is 0.323 e. The van der Waals surface area contributed by atoms with Gasteiger partial charge in [-0.1, -0.05) is 25.5 Å². The highest BCUT2D eigenvalue weighted by Crippen LogP contribution is 2.26. The van der Waals surface area contributed by atoms with Crippen LogP contribution in [0.3, 0.4) is 0 Å². The molecule has 20 heavy (non-hydrogen) atoms. The second-order valence-electron chi connectivity index (χ2n) is 5.60. The zero-order valence-electron chi connectivity index (χ0n) is 12.2. The number of ether oxygens (including phenoxy) is 1. The molecular weight excluding hydrogens is 254 g/mol. The lowest BCUT2D eigenvalue weighted by Gasteiger charge is -2.25. The molecule has 4 nitrogen and oxygen atoms in total. The Balaban J connectivity index is 1.90. The molecule has 0 amide bonds. The lowest BCUT2D eigenvalue weighted by molar-refractivity contribution is -0.144. The molecule has 2 rings (SSSR count). The highest BCUT2D eigenvalue weighted by molar-refractivity contribution is 5.78. The van der Waals surface area contributed by atoms with Gasteiger partial charge in [0.25, 0.3) is 0 Å². The predicted octanol–water partition coefficient (Wildman–Crippen LogP) is 2.40. The molecule has 0 spiro atoms. The molecule has 0 fully saturated rings. The van der Waals surface area contributed by atoms with Crippen LogP contribution in [-0.4, -0.2) is 29.8 Å². The molecule has 1 aromatic rings. The Bertz CT molecular complexity index is 487. The van der Waals surface area contributed by atoms with E-state index in [1.807, 2.05) is 13.0 Å². The van der Waals surface area contributed by atoms with Gasteiger partial charge in [-0.2, -0.15) is 0 Å². The first-order valence-corrected chi connectivity index (χ1v) is 7.28. The first-order valence-electron chi connectivity index (χ1n) is 7.28. The number of carbonyl (C=O) groups is 1. The molecule has 0 aliphatic carbocycles. The van der Waals surface area contributed by atoms with Crippen molar-refractivity contribution in [1.29, 1.82) is 0 Å². The summed E-state index contributed by atoms with van der Waals surface area (Å²) in [4.78, 5) is 11.3. The third kappa shape index (κ3) is 3.31. The van der Waals surface area contributed by atoms with Gasteiger partial charge in [-0.3, -0.25) is 4.79 Å². The Morgan fingerprint density at radius 3 is 3.00 bits per heavy atom. The Kier molecular flexibility index (Phi) is 4.65. The average molecular weight is 277 g/mol. The van der Waals surface area contributed by atoms with E-state index in [-0.39, 0.29) is 0 Å². The number of carboxylic acids is 1. The third-order valence-corrected chi connectivity index (χ3v) is 3.90. The molecule has 0 saturated carbocycles. The van der Waals surface area contributed by atoms with Gasteiger partial charge in [0, 0.05) is 13.0 Å². The summed E-state index contributed by atoms with van der Waals surface area (Å²) in [6.07, 6.45) is 3.30. The van der Waals surface area contributed by atoms with Crippen LogP contribution in [-0.2, 0) is 17.6 Å². The molecular formula is C16H23NO3. The molecule has 1 unspecified atom stereocenters. The van der Waals surface area contributed by atoms with Crippen molar-refractivity contribution >= 4 is 5.97 Å². The fraction of sp³-hybridized carbons (Fsp3) is 0.562. The van der Waals surface area contributed by atoms with Crippen LogP contribution in [0.25, 0.3) is 0 Å². The number of carboxylic acid groups (broad SMARTS) is 1. The van der Waals surface area contributed by atoms with Gasteiger partial charge in [-0.15, -0.1) is 0 Å². The lowest BCUT2D eigenvalue weighted by atomic mass is 9.96. The van der Waals surface area contributed by atoms with Crippen LogP contribution < -0.4 is 10.1 Å². The molecule has 1 aliphatic heterocycles. The van der Waals surface area contributed by atoms with Gasteiger partial charge in [0.15, 0.2) is 0 Å². The second kappa shape index (κ2) is 6.27. The largest absolute Gasteiger partial charge is 0.493 e. The Hall–Kier alpha value is -1.55. The van der Waals surface area contributed by atoms with Crippen molar-refractivity contribution in [3.05, 3.63) is 29.3 Å². The highest BCUT2D eigenvalue weighted by atomic mass is 16.5. The van der Waals surface area contributed by atoms with E-state index >= 15 is 0 Å². The van der Waals surface area contributed by atoms with Gasteiger partial charge in [0.1, 0.15) is 11.3 Å². The van der Waals surface area contributed by atoms with E-state index in [0.717, 1.165) is 31.6 Å². The standard InChI is InChI=1S/C16H23NO3/c1-3-8-16(2,15(18)19)17-9-6-12-4-5-14-13(11-12)7-10-20-14/h4-5,11,17H,3,6-10H2,1-2H3,(H,18,19). The van der Waals surface area contributed by atoms with E-state index < -0.39 is 11.5 Å². The number of nitrogens with one attached hydrogen (secondary N) is 1. The predicted molar refractivity (Wildman–Crippen MR) is 78.3 cm³/mol. The average Bonchev–Trinajstić information content (AvgIpc) is 2.86. The molecule has 0 bridgehead atoms. The SMILES string of the molecule is CCCC(C)(NCCc1ccc2c(c1)CCO2)C(=O)O. The number of hydrogen-bond acceptors (Lipinski definition) is 3. The first kappa shape index (κ1) is 14.9. The molecule has 1 aromatic carbocycles. The van der Waals surface area contributed by atoms with E-state index in [4.69, 9.17) is 4.74 Å². The lowest BCUT2D eigenvalue weighted by Crippen LogP contribution is -2.50. The van der Waals surface area contributed by atoms with E-state index in [1.54, 1.807) is 6.92 Å². The summed E-state index contributed by atoms with van der Waals surface area (Å²) in [5.41, 5.74) is 1.66. The molecule has 1 heterocycles. The maximum absolute atomic E-state index is 11.3. The summed E-state index contributed by atoms with van der Waals surface area (Å²) in [6, 6.07) is 6.24. The van der Waals surface area contributed by atoms with Crippen molar-refractivity contribution < 1.29 is 14.6 Å².